The predicted molar refractivity (Wildman–Crippen MR) is 348 cm³/mol. The summed E-state index contributed by atoms with van der Waals surface area (Å²) < 4.78 is 47.2. The molecule has 0 aliphatic carbocycles. The molecule has 4 rings (SSSR count). The van der Waals surface area contributed by atoms with Gasteiger partial charge in [0.2, 0.25) is 0 Å². The van der Waals surface area contributed by atoms with Crippen molar-refractivity contribution in [2.75, 3.05) is 13.2 Å². The van der Waals surface area contributed by atoms with Gasteiger partial charge in [0, 0.05) is 0 Å². The first kappa shape index (κ1) is 73.0. The fourth-order valence-corrected chi connectivity index (χ4v) is 16.2. The van der Waals surface area contributed by atoms with Crippen molar-refractivity contribution in [2.24, 2.45) is 0 Å². The Labute approximate surface area is 507 Å². The van der Waals surface area contributed by atoms with Crippen molar-refractivity contribution < 1.29 is 27.8 Å². The van der Waals surface area contributed by atoms with Gasteiger partial charge in [-0.25, -0.2) is 8.78 Å². The van der Waals surface area contributed by atoms with E-state index in [1.807, 2.05) is 6.07 Å². The summed E-state index contributed by atoms with van der Waals surface area (Å²) in [5.41, 5.74) is 1.92. The Balaban J connectivity index is 0.000000475. The number of nitrogens with zero attached hydrogens (tertiary/aromatic N) is 2. The molecule has 0 saturated carbocycles. The number of ether oxygens (including phenoxy) is 2. The van der Waals surface area contributed by atoms with Gasteiger partial charge in [-0.05, 0) is 75.8 Å². The summed E-state index contributed by atoms with van der Waals surface area (Å²) in [4.78, 5) is 0. The summed E-state index contributed by atoms with van der Waals surface area (Å²) in [5, 5.41) is 30.2. The third-order valence-electron chi connectivity index (χ3n) is 16.5. The molecule has 6 nitrogen and oxygen atoms in total. The lowest BCUT2D eigenvalue weighted by atomic mass is 10.0. The normalized spacial score (nSPS) is 12.4. The molecule has 0 amide bonds. The van der Waals surface area contributed by atoms with Gasteiger partial charge in [0.05, 0.1) is 61.9 Å². The number of hydrogen-bond donors (Lipinski definition) is 1. The van der Waals surface area contributed by atoms with E-state index in [-0.39, 0.29) is 37.1 Å². The lowest BCUT2D eigenvalue weighted by Crippen LogP contribution is -2.67. The number of unbranched alkanes of at least 4 members (excludes halogenated alkanes) is 32. The molecule has 0 heterocycles. The van der Waals surface area contributed by atoms with Gasteiger partial charge in [-0.2, -0.15) is 10.5 Å². The second-order valence-electron chi connectivity index (χ2n) is 24.8. The summed E-state index contributed by atoms with van der Waals surface area (Å²) in [6.07, 6.45) is 47.1. The topological polar surface area (TPSA) is 95.5 Å². The Bertz CT molecular complexity index is 2240. The Kier molecular flexibility index (Phi) is 41.3. The fourth-order valence-electron chi connectivity index (χ4n) is 11.6. The second-order valence-corrected chi connectivity index (χ2v) is 29.1. The van der Waals surface area contributed by atoms with E-state index in [4.69, 9.17) is 19.2 Å². The monoisotopic (exact) mass is 1160 g/mol. The van der Waals surface area contributed by atoms with E-state index in [2.05, 4.69) is 101 Å². The van der Waals surface area contributed by atoms with E-state index < -0.39 is 20.0 Å². The highest BCUT2D eigenvalue weighted by molar-refractivity contribution is 6.99. The molecular weight excluding hydrogens is 1050 g/mol. The summed E-state index contributed by atoms with van der Waals surface area (Å²) in [5.74, 6) is -0.836. The highest BCUT2D eigenvalue weighted by Crippen LogP contribution is 2.37. The third kappa shape index (κ3) is 32.7. The molecule has 1 N–H and O–H groups in total. The van der Waals surface area contributed by atoms with Crippen molar-refractivity contribution >= 4 is 18.7 Å². The van der Waals surface area contributed by atoms with Crippen LogP contribution in [0.25, 0.3) is 0 Å². The number of benzene rings is 4. The maximum Gasteiger partial charge on any atom is 0.261 e. The molecule has 0 aliphatic rings. The van der Waals surface area contributed by atoms with E-state index in [1.54, 1.807) is 12.1 Å². The highest BCUT2D eigenvalue weighted by Gasteiger charge is 2.50. The Hall–Kier alpha value is -4.22. The number of aliphatic hydroxyl groups excluding tert-OH is 1. The van der Waals surface area contributed by atoms with Crippen molar-refractivity contribution in [3.8, 4) is 12.1 Å². The van der Waals surface area contributed by atoms with Gasteiger partial charge in [-0.1, -0.05) is 314 Å². The molecular formula is C74H114F2N2O4Si. The van der Waals surface area contributed by atoms with Crippen LogP contribution in [-0.4, -0.2) is 38.8 Å². The van der Waals surface area contributed by atoms with Gasteiger partial charge in [-0.15, -0.1) is 0 Å². The van der Waals surface area contributed by atoms with Crippen LogP contribution in [0.2, 0.25) is 5.04 Å². The number of rotatable bonds is 48. The van der Waals surface area contributed by atoms with Crippen LogP contribution >= 0.6 is 0 Å². The zero-order valence-electron chi connectivity index (χ0n) is 53.0. The molecule has 9 heteroatoms. The Morgan fingerprint density at radius 1 is 0.434 bits per heavy atom. The number of hydrogen-bond acceptors (Lipinski definition) is 6. The first-order valence-electron chi connectivity index (χ1n) is 33.5. The molecule has 4 aromatic carbocycles. The minimum atomic E-state index is -2.72. The first-order chi connectivity index (χ1) is 40.5. The minimum Gasteiger partial charge on any atom is -0.405 e. The van der Waals surface area contributed by atoms with Crippen LogP contribution in [0.5, 0.6) is 0 Å². The molecule has 0 saturated heterocycles. The molecule has 0 spiro atoms. The first-order valence-corrected chi connectivity index (χ1v) is 35.4. The minimum absolute atomic E-state index is 0.0285. The summed E-state index contributed by atoms with van der Waals surface area (Å²) in [6.45, 7) is 12.3. The summed E-state index contributed by atoms with van der Waals surface area (Å²) in [7, 11) is -2.72. The SMILES string of the molecule is CCCCCCCCCCCCCCCCCCC[C@H](CO)OCc1cc(F)cc(C#N)c1.CCCCCCCCCCCCCCCCCCC[C@H](CO[Si](c1ccccc1)(c1ccccc1)C(C)(C)C)OCc1cc(F)cc(C#N)c1. The molecule has 0 radical (unpaired) electrons. The average molecular weight is 1160 g/mol. The van der Waals surface area contributed by atoms with Gasteiger partial charge in [0.1, 0.15) is 11.6 Å². The highest BCUT2D eigenvalue weighted by atomic mass is 28.4. The molecule has 462 valence electrons. The van der Waals surface area contributed by atoms with Crippen LogP contribution in [0.4, 0.5) is 8.78 Å². The maximum absolute atomic E-state index is 14.2. The Morgan fingerprint density at radius 3 is 1.04 bits per heavy atom. The third-order valence-corrected chi connectivity index (χ3v) is 21.5. The molecule has 4 aromatic rings. The van der Waals surface area contributed by atoms with E-state index >= 15 is 0 Å². The van der Waals surface area contributed by atoms with E-state index in [9.17, 15) is 19.1 Å². The van der Waals surface area contributed by atoms with E-state index in [0.29, 0.717) is 28.9 Å². The van der Waals surface area contributed by atoms with Gasteiger partial charge in [0.15, 0.2) is 0 Å². The van der Waals surface area contributed by atoms with Crippen molar-refractivity contribution in [1.82, 2.24) is 0 Å². The molecule has 0 unspecified atom stereocenters. The molecule has 0 aromatic heterocycles. The Morgan fingerprint density at radius 2 is 0.735 bits per heavy atom. The standard InChI is InChI=1S/C45H66FNO2Si.C29H48FNO2/c1-5-6-7-8-9-10-11-12-13-14-15-16-17-18-19-20-23-28-42(48-37-40-33-39(36-47)34-41(46)35-40)38-49-50(45(2,3)4,43-29-24-21-25-30-43)44-31-26-22-27-32-44;1-2-3-4-5-6-7-8-9-10-11-12-13-14-15-16-17-18-19-29(24-32)33-25-27-20-26(23-31)21-28(30)22-27/h21-22,24-27,29-35,42H,5-20,23,28,37-38H2,1-4H3;20-22,29,32H,2-19,24-25H2,1H3/t42-;29-/m11/s1. The molecule has 0 fully saturated rings. The fraction of sp³-hybridized carbons (Fsp3) is 0.649. The molecule has 2 atom stereocenters. The molecule has 83 heavy (non-hydrogen) atoms. The quantitative estimate of drug-likeness (QED) is 0.0350. The van der Waals surface area contributed by atoms with Crippen LogP contribution < -0.4 is 10.4 Å². The van der Waals surface area contributed by atoms with Gasteiger partial charge >= 0.3 is 0 Å². The van der Waals surface area contributed by atoms with Crippen molar-refractivity contribution in [3.05, 3.63) is 131 Å². The van der Waals surface area contributed by atoms with Crippen molar-refractivity contribution in [1.29, 1.82) is 10.5 Å². The largest absolute Gasteiger partial charge is 0.405 e. The summed E-state index contributed by atoms with van der Waals surface area (Å²) in [6, 6.07) is 34.1. The van der Waals surface area contributed by atoms with Crippen LogP contribution in [0.1, 0.15) is 288 Å². The van der Waals surface area contributed by atoms with E-state index in [1.165, 1.54) is 234 Å². The van der Waals surface area contributed by atoms with Gasteiger partial charge in [0.25, 0.3) is 8.32 Å². The van der Waals surface area contributed by atoms with Crippen LogP contribution in [0, 0.1) is 34.3 Å². The van der Waals surface area contributed by atoms with Crippen LogP contribution in [-0.2, 0) is 27.1 Å². The zero-order chi connectivity index (χ0) is 59.9. The number of halogens is 2. The van der Waals surface area contributed by atoms with Gasteiger partial charge in [-0.3, -0.25) is 0 Å². The van der Waals surface area contributed by atoms with Gasteiger partial charge < -0.3 is 19.0 Å². The summed E-state index contributed by atoms with van der Waals surface area (Å²) >= 11 is 0. The smallest absolute Gasteiger partial charge is 0.261 e. The van der Waals surface area contributed by atoms with Crippen molar-refractivity contribution in [2.45, 2.75) is 296 Å². The average Bonchev–Trinajstić information content (AvgIpc) is 3.57. The van der Waals surface area contributed by atoms with E-state index in [0.717, 1.165) is 32.1 Å². The van der Waals surface area contributed by atoms with Crippen molar-refractivity contribution in [3.63, 3.8) is 0 Å². The van der Waals surface area contributed by atoms with Crippen LogP contribution in [0.3, 0.4) is 0 Å². The molecule has 0 aliphatic heterocycles. The lowest BCUT2D eigenvalue weighted by molar-refractivity contribution is -0.00357. The predicted octanol–water partition coefficient (Wildman–Crippen LogP) is 20.8. The number of aliphatic hydroxyl groups is 1. The van der Waals surface area contributed by atoms with Crippen LogP contribution in [0.15, 0.2) is 97.1 Å². The molecule has 0 bridgehead atoms. The second kappa shape index (κ2) is 47.0. The maximum atomic E-state index is 14.2. The number of nitriles is 2. The zero-order valence-corrected chi connectivity index (χ0v) is 54.0. The lowest BCUT2D eigenvalue weighted by Gasteiger charge is -2.43.